The van der Waals surface area contributed by atoms with Gasteiger partial charge in [0.2, 0.25) is 0 Å². The summed E-state index contributed by atoms with van der Waals surface area (Å²) in [6.07, 6.45) is 4.46. The van der Waals surface area contributed by atoms with Gasteiger partial charge in [0.25, 0.3) is 0 Å². The van der Waals surface area contributed by atoms with E-state index in [2.05, 4.69) is 118 Å². The molecule has 6 rings (SSSR count). The van der Waals surface area contributed by atoms with E-state index in [1.54, 1.807) is 0 Å². The topological polar surface area (TPSA) is 17.1 Å². The van der Waals surface area contributed by atoms with Gasteiger partial charge in [-0.05, 0) is 145 Å². The van der Waals surface area contributed by atoms with Gasteiger partial charge in [0.05, 0.1) is 0 Å². The average molecular weight is 767 g/mol. The van der Waals surface area contributed by atoms with Gasteiger partial charge < -0.3 is 4.79 Å². The fourth-order valence-corrected chi connectivity index (χ4v) is 20.2. The molecular weight excluding hydrogens is 710 g/mol. The third-order valence-electron chi connectivity index (χ3n) is 11.2. The molecular formula is C42H57OP3S3. The van der Waals surface area contributed by atoms with E-state index in [0.717, 1.165) is 25.7 Å². The van der Waals surface area contributed by atoms with Crippen LogP contribution in [0.1, 0.15) is 105 Å². The van der Waals surface area contributed by atoms with E-state index in [0.29, 0.717) is 28.3 Å². The second-order valence-corrected chi connectivity index (χ2v) is 32.5. The lowest BCUT2D eigenvalue weighted by Crippen LogP contribution is -2.31. The molecule has 0 spiro atoms. The van der Waals surface area contributed by atoms with E-state index in [1.165, 1.54) is 78.9 Å². The number of hydrogen-bond acceptors (Lipinski definition) is 4. The molecule has 0 amide bonds. The second-order valence-electron chi connectivity index (χ2n) is 15.9. The molecule has 0 heterocycles. The second kappa shape index (κ2) is 14.4. The molecule has 4 aromatic rings. The van der Waals surface area contributed by atoms with Crippen LogP contribution < -0.4 is 21.2 Å². The van der Waals surface area contributed by atoms with Gasteiger partial charge in [-0.2, -0.15) is 0 Å². The van der Waals surface area contributed by atoms with E-state index in [-0.39, 0.29) is 5.78 Å². The molecule has 0 saturated carbocycles. The van der Waals surface area contributed by atoms with Crippen molar-refractivity contribution in [3.63, 3.8) is 0 Å². The van der Waals surface area contributed by atoms with E-state index in [9.17, 15) is 4.79 Å². The Labute approximate surface area is 312 Å². The molecule has 0 aliphatic heterocycles. The van der Waals surface area contributed by atoms with Crippen LogP contribution in [-0.4, -0.2) is 34.1 Å². The Morgan fingerprint density at radius 3 is 0.918 bits per heavy atom. The lowest BCUT2D eigenvalue weighted by Gasteiger charge is -2.37. The highest BCUT2D eigenvalue weighted by Crippen LogP contribution is 2.60. The highest BCUT2D eigenvalue weighted by molar-refractivity contribution is 8.23. The van der Waals surface area contributed by atoms with Gasteiger partial charge in [-0.25, -0.2) is 0 Å². The van der Waals surface area contributed by atoms with E-state index in [4.69, 9.17) is 35.4 Å². The van der Waals surface area contributed by atoms with E-state index in [1.807, 2.05) is 0 Å². The van der Waals surface area contributed by atoms with Crippen molar-refractivity contribution in [1.29, 1.82) is 0 Å². The van der Waals surface area contributed by atoms with Crippen LogP contribution in [0.2, 0.25) is 0 Å². The Morgan fingerprint density at radius 1 is 0.449 bits per heavy atom. The lowest BCUT2D eigenvalue weighted by atomic mass is 10.0. The van der Waals surface area contributed by atoms with Crippen LogP contribution in [0, 0.1) is 0 Å². The minimum absolute atomic E-state index is 0.167. The third kappa shape index (κ3) is 6.30. The Kier molecular flexibility index (Phi) is 11.6. The molecule has 4 aromatic carbocycles. The quantitative estimate of drug-likeness (QED) is 0.158. The summed E-state index contributed by atoms with van der Waals surface area (Å²) in [5.41, 5.74) is 7.98. The van der Waals surface area contributed by atoms with Crippen LogP contribution in [0.3, 0.4) is 0 Å². The summed E-state index contributed by atoms with van der Waals surface area (Å²) < 4.78 is 0. The molecule has 7 heteroatoms. The van der Waals surface area contributed by atoms with Gasteiger partial charge in [0.15, 0.2) is 0 Å². The maximum absolute atomic E-state index is 9.44. The summed E-state index contributed by atoms with van der Waals surface area (Å²) in [7, 11) is 0. The molecule has 264 valence electrons. The SMILES string of the molecule is CC(C)=O.CC(C)P(=S)(c1ccc2c3c(ccc(P(=S)(C(C)C)C(C)C)c13)CC2)c1ccc2c3c(ccc(P(=S)(C(C)C)C(C)C)c13)CC2. The fraction of sp³-hybridized carbons (Fsp3) is 0.500. The van der Waals surface area contributed by atoms with Gasteiger partial charge in [-0.3, -0.25) is 0 Å². The molecule has 2 aliphatic rings. The highest BCUT2D eigenvalue weighted by atomic mass is 32.4. The van der Waals surface area contributed by atoms with Crippen LogP contribution in [0.15, 0.2) is 48.5 Å². The number of carbonyl (C=O) groups excluding carboxylic acids is 1. The molecule has 2 aliphatic carbocycles. The van der Waals surface area contributed by atoms with Crippen molar-refractivity contribution in [2.45, 2.75) is 137 Å². The molecule has 1 nitrogen and oxygen atoms in total. The number of ketones is 1. The molecule has 0 bridgehead atoms. The zero-order valence-electron chi connectivity index (χ0n) is 31.8. The van der Waals surface area contributed by atoms with Crippen LogP contribution in [0.4, 0.5) is 0 Å². The number of hydrogen-bond donors (Lipinski definition) is 0. The third-order valence-corrected chi connectivity index (χ3v) is 31.9. The molecule has 0 atom stereocenters. The zero-order valence-corrected chi connectivity index (χ0v) is 36.9. The first kappa shape index (κ1) is 39.2. The summed E-state index contributed by atoms with van der Waals surface area (Å²) >= 11 is 21.0. The zero-order chi connectivity index (χ0) is 36.4. The maximum atomic E-state index is 9.44. The van der Waals surface area contributed by atoms with Crippen molar-refractivity contribution in [1.82, 2.24) is 0 Å². The summed E-state index contributed by atoms with van der Waals surface area (Å²) in [5.74, 6) is 0.167. The average Bonchev–Trinajstić information content (AvgIpc) is 3.65. The van der Waals surface area contributed by atoms with Gasteiger partial charge in [0, 0.05) is 6.04 Å². The standard InChI is InChI=1S/C39H51P3S3.C3H6O/c1-23(2)40(43,24(3)4)32-19-15-28-11-13-30-17-21-34(38(32)36(28)30)42(45,27(9)10)35-22-18-31-14-12-29-16-20-33(39(35)37(29)31)41(44,25(5)6)26(7)8;1-3(2)4/h15-27H,11-14H2,1-10H3;1-2H3. The van der Waals surface area contributed by atoms with Crippen molar-refractivity contribution >= 4 is 102 Å². The molecule has 0 aromatic heterocycles. The van der Waals surface area contributed by atoms with Gasteiger partial charge >= 0.3 is 0 Å². The fourth-order valence-electron chi connectivity index (χ4n) is 8.71. The molecule has 0 radical (unpaired) electrons. The van der Waals surface area contributed by atoms with Crippen LogP contribution >= 0.6 is 18.1 Å². The number of benzene rings is 4. The van der Waals surface area contributed by atoms with Gasteiger partial charge in [0.1, 0.15) is 5.78 Å². The number of aryl methyl sites for hydroxylation is 4. The molecule has 0 N–H and O–H groups in total. The van der Waals surface area contributed by atoms with Crippen LogP contribution in [-0.2, 0) is 65.9 Å². The number of carbonyl (C=O) groups is 1. The van der Waals surface area contributed by atoms with Crippen molar-refractivity contribution in [2.75, 3.05) is 0 Å². The van der Waals surface area contributed by atoms with Crippen molar-refractivity contribution in [3.8, 4) is 0 Å². The normalized spacial score (nSPS) is 14.6. The van der Waals surface area contributed by atoms with Crippen molar-refractivity contribution in [2.24, 2.45) is 0 Å². The summed E-state index contributed by atoms with van der Waals surface area (Å²) in [6.45, 7) is 26.8. The van der Waals surface area contributed by atoms with Crippen molar-refractivity contribution < 1.29 is 4.79 Å². The summed E-state index contributed by atoms with van der Waals surface area (Å²) in [4.78, 5) is 9.44. The predicted octanol–water partition coefficient (Wildman–Crippen LogP) is 10.5. The first-order valence-corrected chi connectivity index (χ1v) is 27.0. The Morgan fingerprint density at radius 2 is 0.694 bits per heavy atom. The largest absolute Gasteiger partial charge is 0.300 e. The Bertz CT molecular complexity index is 1920. The summed E-state index contributed by atoms with van der Waals surface area (Å²) in [6, 6.07) is 13.4. The number of rotatable bonds is 9. The van der Waals surface area contributed by atoms with E-state index >= 15 is 0 Å². The predicted molar refractivity (Wildman–Crippen MR) is 236 cm³/mol. The molecule has 0 fully saturated rings. The van der Waals surface area contributed by atoms with Gasteiger partial charge in [-0.1, -0.05) is 153 Å². The smallest absolute Gasteiger partial charge is 0.126 e. The van der Waals surface area contributed by atoms with Crippen molar-refractivity contribution in [3.05, 3.63) is 70.8 Å². The molecule has 0 saturated heterocycles. The Hall–Kier alpha value is -0.980. The van der Waals surface area contributed by atoms with Crippen LogP contribution in [0.25, 0.3) is 21.5 Å². The number of Topliss-reactive ketones (excluding diaryl/α,β-unsaturated/α-hetero) is 1. The minimum atomic E-state index is -2.35. The summed E-state index contributed by atoms with van der Waals surface area (Å²) in [5, 5.41) is 11.6. The molecule has 0 unspecified atom stereocenters. The minimum Gasteiger partial charge on any atom is -0.300 e. The van der Waals surface area contributed by atoms with Crippen LogP contribution in [0.5, 0.6) is 0 Å². The first-order valence-electron chi connectivity index (χ1n) is 18.3. The highest BCUT2D eigenvalue weighted by Gasteiger charge is 2.39. The maximum Gasteiger partial charge on any atom is 0.126 e. The monoisotopic (exact) mass is 766 g/mol. The van der Waals surface area contributed by atoms with E-state index < -0.39 is 18.1 Å². The molecule has 49 heavy (non-hydrogen) atoms. The van der Waals surface area contributed by atoms with Gasteiger partial charge in [-0.15, -0.1) is 0 Å². The lowest BCUT2D eigenvalue weighted by molar-refractivity contribution is -0.115. The Balaban J connectivity index is 0.00000111. The first-order chi connectivity index (χ1) is 22.8.